The molecule has 33 heavy (non-hydrogen) atoms. The van der Waals surface area contributed by atoms with E-state index in [-0.39, 0.29) is 11.7 Å². The Labute approximate surface area is 196 Å². The molecule has 1 N–H and O–H groups in total. The van der Waals surface area contributed by atoms with Gasteiger partial charge in [0.15, 0.2) is 5.82 Å². The maximum atomic E-state index is 12.7. The topological polar surface area (TPSA) is 81.4 Å². The molecule has 0 aliphatic heterocycles. The number of para-hydroxylation sites is 1. The number of ether oxygens (including phenoxy) is 1. The summed E-state index contributed by atoms with van der Waals surface area (Å²) in [6.07, 6.45) is 0. The highest BCUT2D eigenvalue weighted by atomic mass is 32.2. The monoisotopic (exact) mass is 457 g/mol. The van der Waals surface area contributed by atoms with E-state index >= 15 is 0 Å². The van der Waals surface area contributed by atoms with Gasteiger partial charge in [-0.25, -0.2) is 4.79 Å². The van der Waals surface area contributed by atoms with E-state index < -0.39 is 5.97 Å². The van der Waals surface area contributed by atoms with Crippen LogP contribution in [-0.2, 0) is 9.53 Å². The van der Waals surface area contributed by atoms with Crippen LogP contribution >= 0.6 is 11.8 Å². The van der Waals surface area contributed by atoms with Gasteiger partial charge in [0.25, 0.3) is 0 Å². The fourth-order valence-electron chi connectivity index (χ4n) is 3.05. The van der Waals surface area contributed by atoms with Crippen LogP contribution < -0.4 is 5.43 Å². The van der Waals surface area contributed by atoms with Crippen LogP contribution in [-0.4, -0.2) is 32.4 Å². The van der Waals surface area contributed by atoms with Crippen LogP contribution in [0.25, 0.3) is 17.1 Å². The van der Waals surface area contributed by atoms with Crippen LogP contribution in [0.4, 0.5) is 5.69 Å². The zero-order valence-corrected chi connectivity index (χ0v) is 19.1. The van der Waals surface area contributed by atoms with Gasteiger partial charge in [0.05, 0.1) is 12.3 Å². The summed E-state index contributed by atoms with van der Waals surface area (Å²) >= 11 is 1.10. The predicted molar refractivity (Wildman–Crippen MR) is 132 cm³/mol. The van der Waals surface area contributed by atoms with Gasteiger partial charge in [-0.2, -0.15) is 5.10 Å². The van der Waals surface area contributed by atoms with E-state index in [4.69, 9.17) is 4.74 Å². The summed E-state index contributed by atoms with van der Waals surface area (Å²) in [7, 11) is 0. The number of anilines is 1. The Morgan fingerprint density at radius 2 is 1.64 bits per heavy atom. The number of nitrogens with zero attached hydrogens (tertiary/aromatic N) is 4. The van der Waals surface area contributed by atoms with Crippen molar-refractivity contribution in [2.24, 2.45) is 5.10 Å². The van der Waals surface area contributed by atoms with E-state index in [0.717, 1.165) is 34.3 Å². The molecule has 0 saturated heterocycles. The molecule has 4 aromatic rings. The first-order valence-corrected chi connectivity index (χ1v) is 11.3. The van der Waals surface area contributed by atoms with Crippen molar-refractivity contribution in [3.63, 3.8) is 0 Å². The molecule has 4 rings (SSSR count). The second-order valence-electron chi connectivity index (χ2n) is 7.06. The molecule has 0 amide bonds. The molecular weight excluding hydrogens is 434 g/mol. The van der Waals surface area contributed by atoms with Crippen molar-refractivity contribution in [2.45, 2.75) is 19.0 Å². The molecule has 0 bridgehead atoms. The highest BCUT2D eigenvalue weighted by molar-refractivity contribution is 8.15. The molecule has 1 heterocycles. The summed E-state index contributed by atoms with van der Waals surface area (Å²) in [5, 5.41) is 13.7. The Balaban J connectivity index is 1.72. The average Bonchev–Trinajstić information content (AvgIpc) is 3.27. The molecule has 1 aromatic heterocycles. The van der Waals surface area contributed by atoms with E-state index in [1.165, 1.54) is 0 Å². The summed E-state index contributed by atoms with van der Waals surface area (Å²) in [5.41, 5.74) is 6.62. The average molecular weight is 458 g/mol. The largest absolute Gasteiger partial charge is 0.461 e. The lowest BCUT2D eigenvalue weighted by Gasteiger charge is -2.11. The number of aryl methyl sites for hydroxylation is 1. The van der Waals surface area contributed by atoms with E-state index in [0.29, 0.717) is 11.0 Å². The van der Waals surface area contributed by atoms with Crippen LogP contribution in [0.5, 0.6) is 0 Å². The summed E-state index contributed by atoms with van der Waals surface area (Å²) in [6.45, 7) is 4.00. The third kappa shape index (κ3) is 5.48. The number of carbonyl (C=O) groups is 1. The van der Waals surface area contributed by atoms with Gasteiger partial charge in [0, 0.05) is 11.3 Å². The minimum atomic E-state index is -0.536. The molecule has 0 aliphatic carbocycles. The number of rotatable bonds is 6. The highest BCUT2D eigenvalue weighted by Gasteiger charge is 2.22. The van der Waals surface area contributed by atoms with Crippen molar-refractivity contribution in [1.29, 1.82) is 0 Å². The van der Waals surface area contributed by atoms with Crippen molar-refractivity contribution < 1.29 is 9.53 Å². The summed E-state index contributed by atoms with van der Waals surface area (Å²) in [5.74, 6) is 0.130. The van der Waals surface area contributed by atoms with E-state index in [2.05, 4.69) is 20.7 Å². The molecule has 0 saturated carbocycles. The van der Waals surface area contributed by atoms with Gasteiger partial charge in [-0.1, -0.05) is 66.2 Å². The number of carbonyl (C=O) groups excluding carboxylic acids is 1. The predicted octanol–water partition coefficient (Wildman–Crippen LogP) is 5.32. The minimum Gasteiger partial charge on any atom is -0.461 e. The van der Waals surface area contributed by atoms with Gasteiger partial charge >= 0.3 is 5.97 Å². The first-order valence-electron chi connectivity index (χ1n) is 10.5. The number of nitrogens with one attached hydrogen (secondary N) is 1. The molecule has 7 nitrogen and oxygen atoms in total. The van der Waals surface area contributed by atoms with Crippen molar-refractivity contribution in [3.8, 4) is 17.1 Å². The van der Waals surface area contributed by atoms with Crippen LogP contribution in [0.15, 0.2) is 95.2 Å². The number of hydrogen-bond acceptors (Lipinski definition) is 7. The zero-order chi connectivity index (χ0) is 23.0. The van der Waals surface area contributed by atoms with Crippen molar-refractivity contribution in [2.75, 3.05) is 12.0 Å². The molecule has 166 valence electrons. The molecular formula is C25H23N5O2S. The lowest BCUT2D eigenvalue weighted by molar-refractivity contribution is -0.134. The third-order valence-electron chi connectivity index (χ3n) is 4.66. The normalized spacial score (nSPS) is 11.3. The Hall–Kier alpha value is -3.91. The molecule has 0 fully saturated rings. The summed E-state index contributed by atoms with van der Waals surface area (Å²) in [6, 6.07) is 27.3. The first-order chi connectivity index (χ1) is 16.2. The molecule has 0 spiro atoms. The van der Waals surface area contributed by atoms with Gasteiger partial charge < -0.3 is 4.74 Å². The Kier molecular flexibility index (Phi) is 7.16. The SMILES string of the molecule is CCOC(=O)/C(=N/Nc1ccc(C)cc1)Sc1nnc(-c2ccccc2)n1-c1ccccc1. The van der Waals surface area contributed by atoms with Gasteiger partial charge in [-0.3, -0.25) is 9.99 Å². The zero-order valence-electron chi connectivity index (χ0n) is 18.3. The minimum absolute atomic E-state index is 0.126. The summed E-state index contributed by atoms with van der Waals surface area (Å²) < 4.78 is 7.14. The molecule has 0 unspecified atom stereocenters. The van der Waals surface area contributed by atoms with E-state index in [1.807, 2.05) is 96.4 Å². The number of benzene rings is 3. The highest BCUT2D eigenvalue weighted by Crippen LogP contribution is 2.29. The first kappa shape index (κ1) is 22.3. The second-order valence-corrected chi connectivity index (χ2v) is 8.02. The number of hydrazone groups is 1. The smallest absolute Gasteiger partial charge is 0.365 e. The molecule has 0 radical (unpaired) electrons. The lowest BCUT2D eigenvalue weighted by Crippen LogP contribution is -2.17. The standard InChI is InChI=1S/C25H23N5O2S/c1-3-32-24(31)23(28-26-20-16-14-18(2)15-17-20)33-25-29-27-22(19-10-6-4-7-11-19)30(25)21-12-8-5-9-13-21/h4-17,26H,3H2,1-2H3/b28-23-. The number of aromatic nitrogens is 3. The quantitative estimate of drug-likeness (QED) is 0.139. The maximum absolute atomic E-state index is 12.7. The Morgan fingerprint density at radius 1 is 0.970 bits per heavy atom. The Bertz CT molecular complexity index is 1240. The van der Waals surface area contributed by atoms with E-state index in [9.17, 15) is 4.79 Å². The number of hydrogen-bond donors (Lipinski definition) is 1. The van der Waals surface area contributed by atoms with Gasteiger partial charge in [-0.15, -0.1) is 10.2 Å². The van der Waals surface area contributed by atoms with Crippen LogP contribution in [0, 0.1) is 6.92 Å². The maximum Gasteiger partial charge on any atom is 0.365 e. The fraction of sp³-hybridized carbons (Fsp3) is 0.120. The van der Waals surface area contributed by atoms with Gasteiger partial charge in [-0.05, 0) is 49.9 Å². The molecule has 0 aliphatic rings. The molecule has 3 aromatic carbocycles. The number of esters is 1. The lowest BCUT2D eigenvalue weighted by atomic mass is 10.2. The van der Waals surface area contributed by atoms with Crippen molar-refractivity contribution in [3.05, 3.63) is 90.5 Å². The second kappa shape index (κ2) is 10.6. The van der Waals surface area contributed by atoms with Gasteiger partial charge in [0.2, 0.25) is 10.2 Å². The van der Waals surface area contributed by atoms with Crippen LogP contribution in [0.2, 0.25) is 0 Å². The van der Waals surface area contributed by atoms with Gasteiger partial charge in [0.1, 0.15) is 0 Å². The molecule has 8 heteroatoms. The molecule has 0 atom stereocenters. The Morgan fingerprint density at radius 3 is 2.30 bits per heavy atom. The van der Waals surface area contributed by atoms with Crippen LogP contribution in [0.1, 0.15) is 12.5 Å². The van der Waals surface area contributed by atoms with E-state index in [1.54, 1.807) is 6.92 Å². The fourth-order valence-corrected chi connectivity index (χ4v) is 3.82. The van der Waals surface area contributed by atoms with Crippen molar-refractivity contribution >= 4 is 28.5 Å². The summed E-state index contributed by atoms with van der Waals surface area (Å²) in [4.78, 5) is 12.7. The number of thioether (sulfide) groups is 1. The third-order valence-corrected chi connectivity index (χ3v) is 5.55. The van der Waals surface area contributed by atoms with Crippen LogP contribution in [0.3, 0.4) is 0 Å². The van der Waals surface area contributed by atoms with Crippen molar-refractivity contribution in [1.82, 2.24) is 14.8 Å².